The number of ether oxygens (including phenoxy) is 1. The summed E-state index contributed by atoms with van der Waals surface area (Å²) in [7, 11) is -3.64. The van der Waals surface area contributed by atoms with Crippen LogP contribution in [0.25, 0.3) is 0 Å². The lowest BCUT2D eigenvalue weighted by atomic mass is 10.1. The largest absolute Gasteiger partial charge is 0.490 e. The molecule has 0 unspecified atom stereocenters. The summed E-state index contributed by atoms with van der Waals surface area (Å²) in [4.78, 5) is 0.195. The Labute approximate surface area is 140 Å². The minimum atomic E-state index is -3.64. The van der Waals surface area contributed by atoms with E-state index in [1.807, 2.05) is 0 Å². The van der Waals surface area contributed by atoms with E-state index in [2.05, 4.69) is 0 Å². The van der Waals surface area contributed by atoms with Crippen molar-refractivity contribution in [1.82, 2.24) is 4.31 Å². The second-order valence-electron chi connectivity index (χ2n) is 5.87. The summed E-state index contributed by atoms with van der Waals surface area (Å²) < 4.78 is 44.9. The number of β-amino-alcohol motifs (C(OH)–C–C–N with tert-alkyl or cyclic N) is 1. The lowest BCUT2D eigenvalue weighted by molar-refractivity contribution is 0.00866. The van der Waals surface area contributed by atoms with E-state index in [9.17, 15) is 17.9 Å². The second kappa shape index (κ2) is 6.51. The van der Waals surface area contributed by atoms with Gasteiger partial charge in [-0.1, -0.05) is 24.3 Å². The molecule has 0 aliphatic carbocycles. The lowest BCUT2D eigenvalue weighted by Crippen LogP contribution is -2.40. The van der Waals surface area contributed by atoms with E-state index >= 15 is 0 Å². The van der Waals surface area contributed by atoms with Crippen LogP contribution in [0.2, 0.25) is 0 Å². The molecule has 1 N–H and O–H groups in total. The van der Waals surface area contributed by atoms with Gasteiger partial charge in [0.15, 0.2) is 0 Å². The predicted octanol–water partition coefficient (Wildman–Crippen LogP) is 2.03. The summed E-state index contributed by atoms with van der Waals surface area (Å²) in [5.41, 5.74) is -1.30. The van der Waals surface area contributed by atoms with E-state index in [4.69, 9.17) is 4.74 Å². The Hall–Kier alpha value is -1.96. The van der Waals surface area contributed by atoms with Gasteiger partial charge in [-0.2, -0.15) is 4.31 Å². The molecule has 0 saturated carbocycles. The van der Waals surface area contributed by atoms with Crippen LogP contribution >= 0.6 is 0 Å². The topological polar surface area (TPSA) is 66.8 Å². The maximum Gasteiger partial charge on any atom is 0.243 e. The lowest BCUT2D eigenvalue weighted by Gasteiger charge is -2.23. The van der Waals surface area contributed by atoms with Crippen LogP contribution in [0.1, 0.15) is 6.42 Å². The van der Waals surface area contributed by atoms with Crippen molar-refractivity contribution in [1.29, 1.82) is 0 Å². The highest BCUT2D eigenvalue weighted by atomic mass is 32.2. The molecule has 1 aliphatic heterocycles. The monoisotopic (exact) mass is 351 g/mol. The minimum absolute atomic E-state index is 0.0560. The molecule has 0 bridgehead atoms. The third kappa shape index (κ3) is 3.58. The molecule has 1 atom stereocenters. The Morgan fingerprint density at radius 1 is 1.17 bits per heavy atom. The highest BCUT2D eigenvalue weighted by molar-refractivity contribution is 7.89. The molecule has 2 aromatic carbocycles. The molecule has 1 fully saturated rings. The summed E-state index contributed by atoms with van der Waals surface area (Å²) in [6, 6.07) is 13.7. The van der Waals surface area contributed by atoms with Gasteiger partial charge in [0.05, 0.1) is 4.90 Å². The molecule has 5 nitrogen and oxygen atoms in total. The molecule has 1 heterocycles. The Kier molecular flexibility index (Phi) is 4.58. The van der Waals surface area contributed by atoms with Crippen LogP contribution in [0.5, 0.6) is 5.75 Å². The first kappa shape index (κ1) is 16.9. The Balaban J connectivity index is 1.68. The zero-order valence-electron chi connectivity index (χ0n) is 12.9. The van der Waals surface area contributed by atoms with Crippen LogP contribution in [0, 0.1) is 5.82 Å². The SMILES string of the molecule is O=S(=O)(c1ccccc1)N1CC[C@@](O)(COc2cccc(F)c2)C1. The van der Waals surface area contributed by atoms with Crippen LogP contribution < -0.4 is 4.74 Å². The molecule has 0 aromatic heterocycles. The van der Waals surface area contributed by atoms with Crippen molar-refractivity contribution >= 4 is 10.0 Å². The van der Waals surface area contributed by atoms with E-state index in [1.54, 1.807) is 24.3 Å². The predicted molar refractivity (Wildman–Crippen MR) is 86.7 cm³/mol. The summed E-state index contributed by atoms with van der Waals surface area (Å²) in [5, 5.41) is 10.6. The molecule has 24 heavy (non-hydrogen) atoms. The summed E-state index contributed by atoms with van der Waals surface area (Å²) in [6.07, 6.45) is 0.258. The van der Waals surface area contributed by atoms with E-state index < -0.39 is 21.4 Å². The summed E-state index contributed by atoms with van der Waals surface area (Å²) >= 11 is 0. The van der Waals surface area contributed by atoms with Gasteiger partial charge in [-0.05, 0) is 30.7 Å². The number of sulfonamides is 1. The van der Waals surface area contributed by atoms with Gasteiger partial charge in [-0.3, -0.25) is 0 Å². The van der Waals surface area contributed by atoms with Crippen molar-refractivity contribution in [3.8, 4) is 5.75 Å². The van der Waals surface area contributed by atoms with Crippen molar-refractivity contribution < 1.29 is 22.7 Å². The van der Waals surface area contributed by atoms with Crippen molar-refractivity contribution in [2.75, 3.05) is 19.7 Å². The number of rotatable bonds is 5. The van der Waals surface area contributed by atoms with Crippen LogP contribution in [0.15, 0.2) is 59.5 Å². The zero-order valence-corrected chi connectivity index (χ0v) is 13.7. The first-order chi connectivity index (χ1) is 11.4. The van der Waals surface area contributed by atoms with Crippen LogP contribution in [-0.4, -0.2) is 43.1 Å². The van der Waals surface area contributed by atoms with Crippen LogP contribution in [0.4, 0.5) is 4.39 Å². The van der Waals surface area contributed by atoms with E-state index in [0.717, 1.165) is 0 Å². The van der Waals surface area contributed by atoms with Crippen LogP contribution in [0.3, 0.4) is 0 Å². The Bertz CT molecular complexity index is 812. The summed E-state index contributed by atoms with van der Waals surface area (Å²) in [5.74, 6) is -0.132. The average Bonchev–Trinajstić information content (AvgIpc) is 2.98. The zero-order chi connectivity index (χ0) is 17.2. The van der Waals surface area contributed by atoms with Gasteiger partial charge < -0.3 is 9.84 Å². The first-order valence-corrected chi connectivity index (χ1v) is 8.99. The summed E-state index contributed by atoms with van der Waals surface area (Å²) in [6.45, 7) is 0.0526. The Morgan fingerprint density at radius 3 is 2.62 bits per heavy atom. The number of hydrogen-bond acceptors (Lipinski definition) is 4. The average molecular weight is 351 g/mol. The fourth-order valence-corrected chi connectivity index (χ4v) is 4.20. The van der Waals surface area contributed by atoms with Crippen molar-refractivity contribution in [2.45, 2.75) is 16.9 Å². The smallest absolute Gasteiger partial charge is 0.243 e. The molecule has 1 saturated heterocycles. The number of nitrogens with zero attached hydrogens (tertiary/aromatic N) is 1. The van der Waals surface area contributed by atoms with Gasteiger partial charge in [0.1, 0.15) is 23.8 Å². The highest BCUT2D eigenvalue weighted by Gasteiger charge is 2.42. The number of benzene rings is 2. The first-order valence-electron chi connectivity index (χ1n) is 7.55. The van der Waals surface area contributed by atoms with Crippen molar-refractivity contribution in [3.63, 3.8) is 0 Å². The van der Waals surface area contributed by atoms with E-state index in [1.165, 1.54) is 34.6 Å². The molecule has 2 aromatic rings. The van der Waals surface area contributed by atoms with Crippen molar-refractivity contribution in [2.24, 2.45) is 0 Å². The molecule has 1 aliphatic rings. The Morgan fingerprint density at radius 2 is 1.92 bits per heavy atom. The molecule has 0 radical (unpaired) electrons. The third-order valence-corrected chi connectivity index (χ3v) is 5.84. The van der Waals surface area contributed by atoms with E-state index in [0.29, 0.717) is 5.75 Å². The fraction of sp³-hybridized carbons (Fsp3) is 0.294. The maximum absolute atomic E-state index is 13.1. The molecular formula is C17H18FNO4S. The molecule has 3 rings (SSSR count). The van der Waals surface area contributed by atoms with Gasteiger partial charge in [0.2, 0.25) is 10.0 Å². The van der Waals surface area contributed by atoms with Gasteiger partial charge in [-0.25, -0.2) is 12.8 Å². The number of hydrogen-bond donors (Lipinski definition) is 1. The van der Waals surface area contributed by atoms with Gasteiger partial charge in [0.25, 0.3) is 0 Å². The molecule has 0 spiro atoms. The number of halogens is 1. The quantitative estimate of drug-likeness (QED) is 0.895. The fourth-order valence-electron chi connectivity index (χ4n) is 2.66. The van der Waals surface area contributed by atoms with Gasteiger partial charge >= 0.3 is 0 Å². The van der Waals surface area contributed by atoms with Gasteiger partial charge in [0, 0.05) is 19.2 Å². The van der Waals surface area contributed by atoms with Crippen LogP contribution in [-0.2, 0) is 10.0 Å². The number of aliphatic hydroxyl groups is 1. The molecule has 0 amide bonds. The molecule has 7 heteroatoms. The molecular weight excluding hydrogens is 333 g/mol. The third-order valence-electron chi connectivity index (χ3n) is 3.98. The minimum Gasteiger partial charge on any atom is -0.490 e. The second-order valence-corrected chi connectivity index (χ2v) is 7.81. The standard InChI is InChI=1S/C17H18FNO4S/c18-14-5-4-6-15(11-14)23-13-17(20)9-10-19(12-17)24(21,22)16-7-2-1-3-8-16/h1-8,11,20H,9-10,12-13H2/t17-/m0/s1. The molecule has 128 valence electrons. The van der Waals surface area contributed by atoms with Gasteiger partial charge in [-0.15, -0.1) is 0 Å². The normalized spacial score (nSPS) is 21.8. The highest BCUT2D eigenvalue weighted by Crippen LogP contribution is 2.28. The van der Waals surface area contributed by atoms with Crippen molar-refractivity contribution in [3.05, 3.63) is 60.4 Å². The van der Waals surface area contributed by atoms with E-state index in [-0.39, 0.29) is 31.0 Å². The maximum atomic E-state index is 13.1.